The van der Waals surface area contributed by atoms with Gasteiger partial charge < -0.3 is 5.32 Å². The third kappa shape index (κ3) is 2.34. The summed E-state index contributed by atoms with van der Waals surface area (Å²) in [5.74, 6) is 2.04. The van der Waals surface area contributed by atoms with E-state index in [2.05, 4.69) is 19.2 Å². The largest absolute Gasteiger partial charge is 0.369 e. The first-order valence-electron chi connectivity index (χ1n) is 7.38. The fraction of sp³-hybridized carbons (Fsp3) is 0.600. The lowest BCUT2D eigenvalue weighted by molar-refractivity contribution is 0.828. The molecule has 0 fully saturated rings. The maximum atomic E-state index is 4.73. The molecule has 2 heterocycles. The van der Waals surface area contributed by atoms with Gasteiger partial charge in [-0.05, 0) is 31.2 Å². The van der Waals surface area contributed by atoms with E-state index in [1.54, 1.807) is 0 Å². The van der Waals surface area contributed by atoms with Crippen molar-refractivity contribution in [3.05, 3.63) is 16.3 Å². The molecule has 0 saturated carbocycles. The van der Waals surface area contributed by atoms with Crippen LogP contribution in [0.5, 0.6) is 0 Å². The van der Waals surface area contributed by atoms with E-state index in [1.807, 2.05) is 11.3 Å². The number of thiophene rings is 1. The van der Waals surface area contributed by atoms with E-state index < -0.39 is 0 Å². The van der Waals surface area contributed by atoms with Crippen LogP contribution in [-0.2, 0) is 19.3 Å². The van der Waals surface area contributed by atoms with Crippen molar-refractivity contribution in [3.63, 3.8) is 0 Å². The molecule has 0 amide bonds. The number of hydrogen-bond donors (Lipinski definition) is 1. The molecule has 102 valence electrons. The fourth-order valence-electron chi connectivity index (χ4n) is 2.71. The topological polar surface area (TPSA) is 37.8 Å². The van der Waals surface area contributed by atoms with Crippen molar-refractivity contribution in [1.82, 2.24) is 9.97 Å². The summed E-state index contributed by atoms with van der Waals surface area (Å²) >= 11 is 1.88. The van der Waals surface area contributed by atoms with Gasteiger partial charge in [0.1, 0.15) is 16.5 Å². The van der Waals surface area contributed by atoms with Crippen molar-refractivity contribution in [3.8, 4) is 0 Å². The minimum atomic E-state index is 0.904. The van der Waals surface area contributed by atoms with Gasteiger partial charge in [-0.1, -0.05) is 20.3 Å². The molecule has 2 aromatic rings. The van der Waals surface area contributed by atoms with Crippen LogP contribution in [0.2, 0.25) is 0 Å². The highest BCUT2D eigenvalue weighted by Crippen LogP contribution is 2.39. The third-order valence-electron chi connectivity index (χ3n) is 3.75. The molecular formula is C15H21N3S. The molecule has 1 aliphatic rings. The number of nitrogens with one attached hydrogen (secondary N) is 1. The van der Waals surface area contributed by atoms with Gasteiger partial charge in [0.2, 0.25) is 0 Å². The Morgan fingerprint density at radius 2 is 2.11 bits per heavy atom. The Labute approximate surface area is 118 Å². The van der Waals surface area contributed by atoms with Crippen LogP contribution >= 0.6 is 11.3 Å². The minimum absolute atomic E-state index is 0.904. The van der Waals surface area contributed by atoms with Gasteiger partial charge >= 0.3 is 0 Å². The van der Waals surface area contributed by atoms with Gasteiger partial charge in [0.25, 0.3) is 0 Å². The summed E-state index contributed by atoms with van der Waals surface area (Å²) in [6.45, 7) is 5.35. The number of anilines is 1. The third-order valence-corrected chi connectivity index (χ3v) is 4.94. The van der Waals surface area contributed by atoms with Crippen LogP contribution in [0.15, 0.2) is 0 Å². The molecule has 0 aromatic carbocycles. The van der Waals surface area contributed by atoms with E-state index in [-0.39, 0.29) is 0 Å². The maximum Gasteiger partial charge on any atom is 0.138 e. The van der Waals surface area contributed by atoms with Crippen molar-refractivity contribution < 1.29 is 0 Å². The number of hydrogen-bond acceptors (Lipinski definition) is 4. The van der Waals surface area contributed by atoms with Crippen LogP contribution in [0.3, 0.4) is 0 Å². The molecule has 3 rings (SSSR count). The summed E-state index contributed by atoms with van der Waals surface area (Å²) in [5.41, 5.74) is 1.52. The van der Waals surface area contributed by atoms with Gasteiger partial charge in [-0.15, -0.1) is 11.3 Å². The molecule has 1 N–H and O–H groups in total. The Hall–Kier alpha value is -1.16. The van der Waals surface area contributed by atoms with E-state index in [9.17, 15) is 0 Å². The standard InChI is InChI=1S/C15H21N3S/c1-3-5-9-16-14-13-10-7-6-8-11(10)19-15(13)18-12(4-2)17-14/h3-9H2,1-2H3,(H,16,17,18). The number of fused-ring (bicyclic) bond motifs is 3. The monoisotopic (exact) mass is 275 g/mol. The Morgan fingerprint density at radius 3 is 2.89 bits per heavy atom. The fourth-order valence-corrected chi connectivity index (χ4v) is 3.99. The predicted octanol–water partition coefficient (Wildman–Crippen LogP) is 3.95. The molecule has 0 atom stereocenters. The second-order valence-corrected chi connectivity index (χ2v) is 6.24. The molecule has 0 spiro atoms. The van der Waals surface area contributed by atoms with Crippen molar-refractivity contribution >= 4 is 27.4 Å². The summed E-state index contributed by atoms with van der Waals surface area (Å²) in [7, 11) is 0. The molecule has 0 aliphatic heterocycles. The lowest BCUT2D eigenvalue weighted by Crippen LogP contribution is -2.06. The maximum absolute atomic E-state index is 4.73. The minimum Gasteiger partial charge on any atom is -0.369 e. The van der Waals surface area contributed by atoms with Crippen LogP contribution < -0.4 is 5.32 Å². The number of aryl methyl sites for hydroxylation is 3. The zero-order valence-electron chi connectivity index (χ0n) is 11.8. The molecule has 0 bridgehead atoms. The Morgan fingerprint density at radius 1 is 1.21 bits per heavy atom. The first-order chi connectivity index (χ1) is 9.33. The van der Waals surface area contributed by atoms with Crippen LogP contribution in [0.1, 0.15) is 49.4 Å². The smallest absolute Gasteiger partial charge is 0.138 e. The quantitative estimate of drug-likeness (QED) is 0.839. The molecule has 19 heavy (non-hydrogen) atoms. The Balaban J connectivity index is 2.05. The van der Waals surface area contributed by atoms with Gasteiger partial charge in [-0.25, -0.2) is 9.97 Å². The van der Waals surface area contributed by atoms with E-state index in [4.69, 9.17) is 9.97 Å². The molecule has 0 unspecified atom stereocenters. The summed E-state index contributed by atoms with van der Waals surface area (Å²) in [6, 6.07) is 0. The van der Waals surface area contributed by atoms with Crippen molar-refractivity contribution in [2.24, 2.45) is 0 Å². The van der Waals surface area contributed by atoms with Crippen molar-refractivity contribution in [1.29, 1.82) is 0 Å². The zero-order valence-corrected chi connectivity index (χ0v) is 12.6. The van der Waals surface area contributed by atoms with Crippen LogP contribution in [0, 0.1) is 0 Å². The van der Waals surface area contributed by atoms with Crippen LogP contribution in [0.4, 0.5) is 5.82 Å². The van der Waals surface area contributed by atoms with E-state index >= 15 is 0 Å². The second kappa shape index (κ2) is 5.45. The average molecular weight is 275 g/mol. The van der Waals surface area contributed by atoms with Gasteiger partial charge in [0.05, 0.1) is 5.39 Å². The number of aromatic nitrogens is 2. The second-order valence-electron chi connectivity index (χ2n) is 5.16. The first kappa shape index (κ1) is 12.9. The normalized spacial score (nSPS) is 14.0. The summed E-state index contributed by atoms with van der Waals surface area (Å²) in [5, 5.41) is 4.85. The Bertz CT molecular complexity index is 589. The highest BCUT2D eigenvalue weighted by Gasteiger charge is 2.21. The molecule has 1 aliphatic carbocycles. The number of rotatable bonds is 5. The lowest BCUT2D eigenvalue weighted by Gasteiger charge is -2.09. The molecule has 0 saturated heterocycles. The SMILES string of the molecule is CCCCNc1nc(CC)nc2sc3c(c12)CCC3. The summed E-state index contributed by atoms with van der Waals surface area (Å²) in [4.78, 5) is 12.2. The highest BCUT2D eigenvalue weighted by atomic mass is 32.1. The van der Waals surface area contributed by atoms with Gasteiger partial charge in [-0.2, -0.15) is 0 Å². The highest BCUT2D eigenvalue weighted by molar-refractivity contribution is 7.19. The predicted molar refractivity (Wildman–Crippen MR) is 82.2 cm³/mol. The number of unbranched alkanes of at least 4 members (excludes halogenated alkanes) is 1. The van der Waals surface area contributed by atoms with Gasteiger partial charge in [0.15, 0.2) is 0 Å². The van der Waals surface area contributed by atoms with Crippen molar-refractivity contribution in [2.75, 3.05) is 11.9 Å². The summed E-state index contributed by atoms with van der Waals surface area (Å²) < 4.78 is 0. The lowest BCUT2D eigenvalue weighted by atomic mass is 10.2. The zero-order chi connectivity index (χ0) is 13.2. The van der Waals surface area contributed by atoms with Crippen LogP contribution in [0.25, 0.3) is 10.2 Å². The Kier molecular flexibility index (Phi) is 3.69. The molecular weight excluding hydrogens is 254 g/mol. The van der Waals surface area contributed by atoms with Crippen molar-refractivity contribution in [2.45, 2.75) is 52.4 Å². The molecule has 0 radical (unpaired) electrons. The molecule has 3 nitrogen and oxygen atoms in total. The summed E-state index contributed by atoms with van der Waals surface area (Å²) in [6.07, 6.45) is 7.03. The molecule has 2 aromatic heterocycles. The first-order valence-corrected chi connectivity index (χ1v) is 8.20. The molecule has 4 heteroatoms. The van der Waals surface area contributed by atoms with Gasteiger partial charge in [-0.3, -0.25) is 0 Å². The van der Waals surface area contributed by atoms with E-state index in [0.717, 1.165) is 24.6 Å². The number of nitrogens with zero attached hydrogens (tertiary/aromatic N) is 2. The van der Waals surface area contributed by atoms with Crippen LogP contribution in [-0.4, -0.2) is 16.5 Å². The van der Waals surface area contributed by atoms with E-state index in [1.165, 1.54) is 52.8 Å². The van der Waals surface area contributed by atoms with Gasteiger partial charge in [0, 0.05) is 17.8 Å². The average Bonchev–Trinajstić information content (AvgIpc) is 2.98. The van der Waals surface area contributed by atoms with E-state index in [0.29, 0.717) is 0 Å².